The maximum Gasteiger partial charge on any atom is 0.246 e. The van der Waals surface area contributed by atoms with Crippen LogP contribution >= 0.6 is 0 Å². The molecule has 0 amide bonds. The predicted octanol–water partition coefficient (Wildman–Crippen LogP) is 0.420. The van der Waals surface area contributed by atoms with Crippen molar-refractivity contribution in [2.75, 3.05) is 19.7 Å². The number of hydrogen-bond acceptors (Lipinski definition) is 4. The molecule has 7 heteroatoms. The van der Waals surface area contributed by atoms with E-state index in [-0.39, 0.29) is 17.4 Å². The van der Waals surface area contributed by atoms with Gasteiger partial charge in [0, 0.05) is 19.7 Å². The maximum atomic E-state index is 12.5. The summed E-state index contributed by atoms with van der Waals surface area (Å²) in [6, 6.07) is 0. The molecule has 102 valence electrons. The summed E-state index contributed by atoms with van der Waals surface area (Å²) < 4.78 is 26.5. The number of hydrogen-bond donors (Lipinski definition) is 2. The molecule has 1 aromatic heterocycles. The minimum Gasteiger partial charge on any atom is -0.396 e. The third kappa shape index (κ3) is 2.30. The normalized spacial score (nSPS) is 22.3. The summed E-state index contributed by atoms with van der Waals surface area (Å²) in [6.45, 7) is 4.34. The van der Waals surface area contributed by atoms with Crippen molar-refractivity contribution in [3.8, 4) is 0 Å². The van der Waals surface area contributed by atoms with Gasteiger partial charge in [-0.2, -0.15) is 9.40 Å². The van der Waals surface area contributed by atoms with Gasteiger partial charge < -0.3 is 5.11 Å². The number of aliphatic hydroxyl groups excluding tert-OH is 1. The summed E-state index contributed by atoms with van der Waals surface area (Å²) in [5.41, 5.74) is 1.07. The first kappa shape index (κ1) is 13.5. The number of sulfonamides is 1. The van der Waals surface area contributed by atoms with Crippen molar-refractivity contribution < 1.29 is 13.5 Å². The van der Waals surface area contributed by atoms with Crippen LogP contribution in [0, 0.1) is 19.8 Å². The molecule has 0 saturated carbocycles. The van der Waals surface area contributed by atoms with Crippen LogP contribution in [-0.4, -0.2) is 47.7 Å². The van der Waals surface area contributed by atoms with Gasteiger partial charge >= 0.3 is 0 Å². The van der Waals surface area contributed by atoms with Crippen molar-refractivity contribution in [2.24, 2.45) is 5.92 Å². The highest BCUT2D eigenvalue weighted by molar-refractivity contribution is 7.89. The second-order valence-electron chi connectivity index (χ2n) is 4.82. The van der Waals surface area contributed by atoms with Gasteiger partial charge in [-0.3, -0.25) is 5.10 Å². The Labute approximate surface area is 107 Å². The number of aryl methyl sites for hydroxylation is 2. The fraction of sp³-hybridized carbons (Fsp3) is 0.727. The molecule has 0 radical (unpaired) electrons. The van der Waals surface area contributed by atoms with Crippen LogP contribution in [0.3, 0.4) is 0 Å². The molecule has 1 aliphatic rings. The number of H-pyrrole nitrogens is 1. The Bertz CT molecular complexity index is 504. The van der Waals surface area contributed by atoms with Gasteiger partial charge in [0.1, 0.15) is 4.90 Å². The van der Waals surface area contributed by atoms with Gasteiger partial charge in [-0.05, 0) is 32.6 Å². The summed E-state index contributed by atoms with van der Waals surface area (Å²) in [4.78, 5) is 0.279. The average molecular weight is 273 g/mol. The third-order valence-corrected chi connectivity index (χ3v) is 5.53. The van der Waals surface area contributed by atoms with Crippen molar-refractivity contribution in [3.63, 3.8) is 0 Å². The van der Waals surface area contributed by atoms with Gasteiger partial charge in [0.15, 0.2) is 0 Å². The average Bonchev–Trinajstić information content (AvgIpc) is 2.69. The topological polar surface area (TPSA) is 86.3 Å². The van der Waals surface area contributed by atoms with E-state index in [0.717, 1.165) is 12.8 Å². The highest BCUT2D eigenvalue weighted by Gasteiger charge is 2.33. The van der Waals surface area contributed by atoms with Crippen LogP contribution in [0.5, 0.6) is 0 Å². The van der Waals surface area contributed by atoms with Gasteiger partial charge in [-0.15, -0.1) is 0 Å². The Hall–Kier alpha value is -0.920. The van der Waals surface area contributed by atoms with Crippen LogP contribution in [0.15, 0.2) is 4.90 Å². The quantitative estimate of drug-likeness (QED) is 0.835. The van der Waals surface area contributed by atoms with E-state index < -0.39 is 10.0 Å². The summed E-state index contributed by atoms with van der Waals surface area (Å²) in [7, 11) is -3.49. The van der Waals surface area contributed by atoms with Gasteiger partial charge in [0.2, 0.25) is 10.0 Å². The molecular weight excluding hydrogens is 254 g/mol. The van der Waals surface area contributed by atoms with Crippen LogP contribution in [-0.2, 0) is 10.0 Å². The Morgan fingerprint density at radius 2 is 2.22 bits per heavy atom. The lowest BCUT2D eigenvalue weighted by Gasteiger charge is -2.30. The van der Waals surface area contributed by atoms with Crippen molar-refractivity contribution >= 4 is 10.0 Å². The third-order valence-electron chi connectivity index (χ3n) is 3.40. The zero-order valence-electron chi connectivity index (χ0n) is 10.7. The smallest absolute Gasteiger partial charge is 0.246 e. The fourth-order valence-electron chi connectivity index (χ4n) is 2.44. The Morgan fingerprint density at radius 1 is 1.50 bits per heavy atom. The number of aromatic amines is 1. The SMILES string of the molecule is Cc1n[nH]c(C)c1S(=O)(=O)N1CCCC(CO)C1. The molecule has 1 saturated heterocycles. The molecule has 18 heavy (non-hydrogen) atoms. The molecule has 2 rings (SSSR count). The van der Waals surface area contributed by atoms with Crippen LogP contribution < -0.4 is 0 Å². The first-order chi connectivity index (χ1) is 8.46. The Balaban J connectivity index is 2.31. The van der Waals surface area contributed by atoms with Crippen molar-refractivity contribution in [3.05, 3.63) is 11.4 Å². The molecule has 0 aliphatic carbocycles. The molecule has 1 aliphatic heterocycles. The van der Waals surface area contributed by atoms with Gasteiger partial charge in [-0.25, -0.2) is 8.42 Å². The lowest BCUT2D eigenvalue weighted by atomic mass is 10.0. The van der Waals surface area contributed by atoms with E-state index in [1.165, 1.54) is 4.31 Å². The zero-order valence-corrected chi connectivity index (χ0v) is 11.5. The largest absolute Gasteiger partial charge is 0.396 e. The number of rotatable bonds is 3. The van der Waals surface area contributed by atoms with E-state index in [4.69, 9.17) is 0 Å². The van der Waals surface area contributed by atoms with Crippen LogP contribution in [0.2, 0.25) is 0 Å². The molecule has 1 aromatic rings. The number of nitrogens with one attached hydrogen (secondary N) is 1. The van der Waals surface area contributed by atoms with Gasteiger partial charge in [0.05, 0.1) is 11.4 Å². The molecule has 0 aromatic carbocycles. The van der Waals surface area contributed by atoms with Gasteiger partial charge in [0.25, 0.3) is 0 Å². The number of aliphatic hydroxyl groups is 1. The molecule has 2 heterocycles. The standard InChI is InChI=1S/C11H19N3O3S/c1-8-11(9(2)13-12-8)18(16,17)14-5-3-4-10(6-14)7-15/h10,15H,3-7H2,1-2H3,(H,12,13). The molecule has 2 N–H and O–H groups in total. The second-order valence-corrected chi connectivity index (χ2v) is 6.69. The van der Waals surface area contributed by atoms with E-state index in [2.05, 4.69) is 10.2 Å². The molecule has 0 spiro atoms. The van der Waals surface area contributed by atoms with E-state index in [0.29, 0.717) is 24.5 Å². The molecule has 0 bridgehead atoms. The monoisotopic (exact) mass is 273 g/mol. The summed E-state index contributed by atoms with van der Waals surface area (Å²) in [5, 5.41) is 15.8. The minimum absolute atomic E-state index is 0.0371. The van der Waals surface area contributed by atoms with Gasteiger partial charge in [-0.1, -0.05) is 0 Å². The second kappa shape index (κ2) is 4.99. The fourth-order valence-corrected chi connectivity index (χ4v) is 4.33. The number of nitrogens with zero attached hydrogens (tertiary/aromatic N) is 2. The molecule has 6 nitrogen and oxygen atoms in total. The highest BCUT2D eigenvalue weighted by atomic mass is 32.2. The molecule has 1 unspecified atom stereocenters. The van der Waals surface area contributed by atoms with E-state index >= 15 is 0 Å². The van der Waals surface area contributed by atoms with E-state index in [1.54, 1.807) is 13.8 Å². The molecular formula is C11H19N3O3S. The number of piperidine rings is 1. The minimum atomic E-state index is -3.49. The van der Waals surface area contributed by atoms with Crippen molar-refractivity contribution in [1.82, 2.24) is 14.5 Å². The molecule has 1 fully saturated rings. The highest BCUT2D eigenvalue weighted by Crippen LogP contribution is 2.26. The van der Waals surface area contributed by atoms with Crippen molar-refractivity contribution in [1.29, 1.82) is 0 Å². The lowest BCUT2D eigenvalue weighted by molar-refractivity contribution is 0.165. The van der Waals surface area contributed by atoms with Crippen LogP contribution in [0.4, 0.5) is 0 Å². The Morgan fingerprint density at radius 3 is 2.78 bits per heavy atom. The Kier molecular flexibility index (Phi) is 3.74. The predicted molar refractivity (Wildman–Crippen MR) is 66.6 cm³/mol. The summed E-state index contributed by atoms with van der Waals surface area (Å²) in [6.07, 6.45) is 1.67. The van der Waals surface area contributed by atoms with Crippen LogP contribution in [0.25, 0.3) is 0 Å². The lowest BCUT2D eigenvalue weighted by Crippen LogP contribution is -2.41. The number of aromatic nitrogens is 2. The first-order valence-electron chi connectivity index (χ1n) is 6.09. The van der Waals surface area contributed by atoms with E-state index in [9.17, 15) is 13.5 Å². The maximum absolute atomic E-state index is 12.5. The van der Waals surface area contributed by atoms with Crippen molar-refractivity contribution in [2.45, 2.75) is 31.6 Å². The molecule has 1 atom stereocenters. The summed E-state index contributed by atoms with van der Waals surface area (Å²) in [5.74, 6) is 0.0426. The zero-order chi connectivity index (χ0) is 13.3. The first-order valence-corrected chi connectivity index (χ1v) is 7.53. The van der Waals surface area contributed by atoms with Crippen LogP contribution in [0.1, 0.15) is 24.2 Å². The summed E-state index contributed by atoms with van der Waals surface area (Å²) >= 11 is 0. The van der Waals surface area contributed by atoms with E-state index in [1.807, 2.05) is 0 Å².